The first-order valence-corrected chi connectivity index (χ1v) is 7.02. The average Bonchev–Trinajstić information content (AvgIpc) is 2.36. The van der Waals surface area contributed by atoms with E-state index in [-0.39, 0.29) is 5.56 Å². The van der Waals surface area contributed by atoms with E-state index in [0.717, 1.165) is 6.07 Å². The highest BCUT2D eigenvalue weighted by Crippen LogP contribution is 2.33. The summed E-state index contributed by atoms with van der Waals surface area (Å²) < 4.78 is 62.5. The second kappa shape index (κ2) is 6.37. The van der Waals surface area contributed by atoms with Crippen molar-refractivity contribution in [1.29, 1.82) is 0 Å². The number of carbonyl (C=O) groups is 1. The Morgan fingerprint density at radius 3 is 2.43 bits per heavy atom. The van der Waals surface area contributed by atoms with Crippen molar-refractivity contribution < 1.29 is 40.6 Å². The highest BCUT2D eigenvalue weighted by molar-refractivity contribution is 7.88. The van der Waals surface area contributed by atoms with Crippen LogP contribution in [0, 0.1) is 10.1 Å². The number of nitrogens with two attached hydrogens (primary N) is 1. The van der Waals surface area contributed by atoms with Crippen molar-refractivity contribution in [1.82, 2.24) is 0 Å². The Labute approximate surface area is 126 Å². The molecule has 1 atom stereocenters. The Kier molecular flexibility index (Phi) is 5.17. The average molecular weight is 358 g/mol. The summed E-state index contributed by atoms with van der Waals surface area (Å²) in [5, 5.41) is 19.4. The van der Waals surface area contributed by atoms with Gasteiger partial charge in [-0.25, -0.2) is 0 Å². The molecule has 128 valence electrons. The third kappa shape index (κ3) is 4.53. The molecule has 0 bridgehead atoms. The molecule has 0 aliphatic carbocycles. The molecule has 0 spiro atoms. The zero-order valence-electron chi connectivity index (χ0n) is 11.0. The second-order valence-electron chi connectivity index (χ2n) is 4.19. The molecule has 0 amide bonds. The molecule has 1 aromatic carbocycles. The molecular weight excluding hydrogens is 349 g/mol. The predicted molar refractivity (Wildman–Crippen MR) is 68.0 cm³/mol. The molecule has 0 aliphatic heterocycles. The maximum Gasteiger partial charge on any atom is 0.534 e. The number of hydrogen-bond acceptors (Lipinski definition) is 7. The van der Waals surface area contributed by atoms with Crippen LogP contribution < -0.4 is 9.92 Å². The first-order valence-electron chi connectivity index (χ1n) is 5.61. The largest absolute Gasteiger partial charge is 0.534 e. The van der Waals surface area contributed by atoms with E-state index < -0.39 is 50.4 Å². The number of aliphatic carboxylic acids is 1. The van der Waals surface area contributed by atoms with Gasteiger partial charge in [0.15, 0.2) is 0 Å². The molecular formula is C10H9F3N2O7S. The van der Waals surface area contributed by atoms with Crippen LogP contribution in [0.2, 0.25) is 0 Å². The number of benzene rings is 1. The van der Waals surface area contributed by atoms with Crippen LogP contribution in [-0.2, 0) is 21.3 Å². The lowest BCUT2D eigenvalue weighted by atomic mass is 10.1. The van der Waals surface area contributed by atoms with Crippen LogP contribution in [0.15, 0.2) is 18.2 Å². The summed E-state index contributed by atoms with van der Waals surface area (Å²) in [5.74, 6) is -2.61. The Morgan fingerprint density at radius 1 is 1.43 bits per heavy atom. The van der Waals surface area contributed by atoms with Gasteiger partial charge in [-0.05, 0) is 18.1 Å². The van der Waals surface area contributed by atoms with Crippen LogP contribution in [0.4, 0.5) is 18.9 Å². The molecule has 0 saturated carbocycles. The third-order valence-corrected chi connectivity index (χ3v) is 3.44. The number of nitrogens with zero attached hydrogens (tertiary/aromatic N) is 1. The predicted octanol–water partition coefficient (Wildman–Crippen LogP) is 0.778. The summed E-state index contributed by atoms with van der Waals surface area (Å²) in [6, 6.07) is 0.882. The fourth-order valence-electron chi connectivity index (χ4n) is 1.41. The SMILES string of the molecule is N[C@@H](Cc1ccc([N+](=O)[O-])c(OS(=O)(=O)C(F)(F)F)c1)C(=O)O. The topological polar surface area (TPSA) is 150 Å². The van der Waals surface area contributed by atoms with Crippen LogP contribution in [0.5, 0.6) is 5.75 Å². The van der Waals surface area contributed by atoms with Gasteiger partial charge in [0.2, 0.25) is 5.75 Å². The number of halogens is 3. The fraction of sp³-hybridized carbons (Fsp3) is 0.300. The number of nitro groups is 1. The van der Waals surface area contributed by atoms with Crippen molar-refractivity contribution >= 4 is 21.8 Å². The summed E-state index contributed by atoms with van der Waals surface area (Å²) in [5.41, 5.74) is -1.66. The molecule has 1 aromatic rings. The number of hydrogen-bond donors (Lipinski definition) is 2. The summed E-state index contributed by atoms with van der Waals surface area (Å²) >= 11 is 0. The van der Waals surface area contributed by atoms with Gasteiger partial charge in [-0.1, -0.05) is 6.07 Å². The summed E-state index contributed by atoms with van der Waals surface area (Å²) in [4.78, 5) is 20.2. The monoisotopic (exact) mass is 358 g/mol. The number of nitro benzene ring substituents is 1. The van der Waals surface area contributed by atoms with Crippen molar-refractivity contribution in [2.75, 3.05) is 0 Å². The molecule has 0 saturated heterocycles. The first-order chi connectivity index (χ1) is 10.3. The molecule has 0 fully saturated rings. The summed E-state index contributed by atoms with van der Waals surface area (Å²) in [7, 11) is -6.12. The van der Waals surface area contributed by atoms with Crippen LogP contribution in [-0.4, -0.2) is 36.0 Å². The minimum absolute atomic E-state index is 0.0575. The highest BCUT2D eigenvalue weighted by Gasteiger charge is 2.49. The standard InChI is InChI=1S/C10H9F3N2O7S/c11-10(12,13)23(20,21)22-8-4-5(3-6(14)9(16)17)1-2-7(8)15(18)19/h1-2,4,6H,3,14H2,(H,16,17)/t6-/m0/s1. The lowest BCUT2D eigenvalue weighted by Crippen LogP contribution is -2.32. The molecule has 13 heteroatoms. The Balaban J connectivity index is 3.27. The molecule has 0 aromatic heterocycles. The van der Waals surface area contributed by atoms with Gasteiger partial charge in [0, 0.05) is 6.07 Å². The third-order valence-electron chi connectivity index (χ3n) is 2.48. The number of rotatable bonds is 6. The first kappa shape index (κ1) is 18.6. The smallest absolute Gasteiger partial charge is 0.480 e. The van der Waals surface area contributed by atoms with Crippen LogP contribution in [0.25, 0.3) is 0 Å². The molecule has 1 rings (SSSR count). The molecule has 0 heterocycles. The quantitative estimate of drug-likeness (QED) is 0.328. The lowest BCUT2D eigenvalue weighted by molar-refractivity contribution is -0.385. The maximum atomic E-state index is 12.3. The Morgan fingerprint density at radius 2 is 2.00 bits per heavy atom. The van der Waals surface area contributed by atoms with Crippen LogP contribution >= 0.6 is 0 Å². The van der Waals surface area contributed by atoms with E-state index in [1.165, 1.54) is 0 Å². The zero-order chi connectivity index (χ0) is 18.0. The summed E-state index contributed by atoms with van der Waals surface area (Å²) in [6.07, 6.45) is -0.407. The molecule has 3 N–H and O–H groups in total. The molecule has 0 radical (unpaired) electrons. The van der Waals surface area contributed by atoms with Gasteiger partial charge in [-0.3, -0.25) is 14.9 Å². The van der Waals surface area contributed by atoms with Gasteiger partial charge in [0.1, 0.15) is 6.04 Å². The van der Waals surface area contributed by atoms with Crippen LogP contribution in [0.3, 0.4) is 0 Å². The van der Waals surface area contributed by atoms with Gasteiger partial charge in [0.25, 0.3) is 0 Å². The molecule has 23 heavy (non-hydrogen) atoms. The molecule has 9 nitrogen and oxygen atoms in total. The molecule has 0 aliphatic rings. The van der Waals surface area contributed by atoms with Gasteiger partial charge in [0.05, 0.1) is 4.92 Å². The van der Waals surface area contributed by atoms with Crippen LogP contribution in [0.1, 0.15) is 5.56 Å². The van der Waals surface area contributed by atoms with E-state index in [4.69, 9.17) is 10.8 Å². The number of carboxylic acids is 1. The Bertz CT molecular complexity index is 732. The van der Waals surface area contributed by atoms with E-state index in [1.54, 1.807) is 0 Å². The van der Waals surface area contributed by atoms with E-state index in [9.17, 15) is 36.5 Å². The summed E-state index contributed by atoms with van der Waals surface area (Å²) in [6.45, 7) is 0. The van der Waals surface area contributed by atoms with Crippen molar-refractivity contribution in [3.8, 4) is 5.75 Å². The lowest BCUT2D eigenvalue weighted by Gasteiger charge is -2.11. The van der Waals surface area contributed by atoms with E-state index in [0.29, 0.717) is 12.1 Å². The van der Waals surface area contributed by atoms with Crippen molar-refractivity contribution in [3.63, 3.8) is 0 Å². The normalized spacial score (nSPS) is 13.4. The fourth-order valence-corrected chi connectivity index (χ4v) is 1.87. The van der Waals surface area contributed by atoms with E-state index in [1.807, 2.05) is 0 Å². The highest BCUT2D eigenvalue weighted by atomic mass is 32.2. The van der Waals surface area contributed by atoms with Gasteiger partial charge in [-0.15, -0.1) is 0 Å². The number of carboxylic acid groups (broad SMARTS) is 1. The van der Waals surface area contributed by atoms with Crippen molar-refractivity contribution in [3.05, 3.63) is 33.9 Å². The van der Waals surface area contributed by atoms with Gasteiger partial charge in [-0.2, -0.15) is 21.6 Å². The van der Waals surface area contributed by atoms with Crippen molar-refractivity contribution in [2.45, 2.75) is 18.0 Å². The van der Waals surface area contributed by atoms with E-state index in [2.05, 4.69) is 4.18 Å². The van der Waals surface area contributed by atoms with E-state index >= 15 is 0 Å². The Hall–Kier alpha value is -2.41. The zero-order valence-corrected chi connectivity index (χ0v) is 11.8. The maximum absolute atomic E-state index is 12.3. The minimum atomic E-state index is -6.12. The minimum Gasteiger partial charge on any atom is -0.480 e. The molecule has 0 unspecified atom stereocenters. The van der Waals surface area contributed by atoms with Crippen molar-refractivity contribution in [2.24, 2.45) is 5.73 Å². The van der Waals surface area contributed by atoms with Gasteiger partial charge < -0.3 is 15.0 Å². The van der Waals surface area contributed by atoms with Gasteiger partial charge >= 0.3 is 27.3 Å². The number of alkyl halides is 3. The second-order valence-corrected chi connectivity index (χ2v) is 5.73.